The summed E-state index contributed by atoms with van der Waals surface area (Å²) in [6, 6.07) is 6.70. The lowest BCUT2D eigenvalue weighted by atomic mass is 10.2. The normalized spacial score (nSPS) is 12.2. The zero-order valence-electron chi connectivity index (χ0n) is 10.3. The van der Waals surface area contributed by atoms with E-state index in [1.165, 1.54) is 12.3 Å². The second-order valence-corrected chi connectivity index (χ2v) is 4.03. The summed E-state index contributed by atoms with van der Waals surface area (Å²) >= 11 is 0. The highest BCUT2D eigenvalue weighted by atomic mass is 16.7. The third-order valence-electron chi connectivity index (χ3n) is 2.73. The first-order chi connectivity index (χ1) is 9.74. The Balaban J connectivity index is 1.75. The predicted octanol–water partition coefficient (Wildman–Crippen LogP) is 1.48. The minimum atomic E-state index is -1.11. The SMILES string of the molecule is O=C(O)c1ccnnc1OCc1ccc2c(c1)OCO2. The molecular formula is C13H10N2O5. The number of carboxylic acid groups (broad SMARTS) is 1. The minimum absolute atomic E-state index is 0.0160. The molecule has 1 aliphatic rings. The van der Waals surface area contributed by atoms with Gasteiger partial charge in [-0.15, -0.1) is 5.10 Å². The van der Waals surface area contributed by atoms with Gasteiger partial charge in [0.05, 0.1) is 6.20 Å². The first kappa shape index (κ1) is 12.2. The van der Waals surface area contributed by atoms with Crippen LogP contribution in [0.4, 0.5) is 0 Å². The van der Waals surface area contributed by atoms with Crippen LogP contribution in [0.3, 0.4) is 0 Å². The lowest BCUT2D eigenvalue weighted by Crippen LogP contribution is -2.06. The average molecular weight is 274 g/mol. The molecule has 0 saturated carbocycles. The summed E-state index contributed by atoms with van der Waals surface area (Å²) < 4.78 is 15.9. The number of rotatable bonds is 4. The van der Waals surface area contributed by atoms with Gasteiger partial charge in [-0.25, -0.2) is 4.79 Å². The van der Waals surface area contributed by atoms with E-state index in [1.807, 2.05) is 6.07 Å². The molecule has 0 amide bonds. The van der Waals surface area contributed by atoms with Crippen LogP contribution in [0.5, 0.6) is 17.4 Å². The number of carbonyl (C=O) groups is 1. The number of ether oxygens (including phenoxy) is 3. The summed E-state index contributed by atoms with van der Waals surface area (Å²) in [6.07, 6.45) is 1.30. The minimum Gasteiger partial charge on any atom is -0.477 e. The van der Waals surface area contributed by atoms with Crippen molar-refractivity contribution in [2.24, 2.45) is 0 Å². The first-order valence-electron chi connectivity index (χ1n) is 5.80. The van der Waals surface area contributed by atoms with Crippen molar-refractivity contribution in [2.45, 2.75) is 6.61 Å². The molecule has 0 saturated heterocycles. The highest BCUT2D eigenvalue weighted by molar-refractivity contribution is 5.89. The van der Waals surface area contributed by atoms with Crippen molar-refractivity contribution in [3.8, 4) is 17.4 Å². The van der Waals surface area contributed by atoms with E-state index in [0.717, 1.165) is 5.56 Å². The molecule has 102 valence electrons. The Labute approximate surface area is 113 Å². The number of fused-ring (bicyclic) bond motifs is 1. The van der Waals surface area contributed by atoms with Gasteiger partial charge in [0.25, 0.3) is 0 Å². The fraction of sp³-hybridized carbons (Fsp3) is 0.154. The summed E-state index contributed by atoms with van der Waals surface area (Å²) in [4.78, 5) is 11.0. The third kappa shape index (κ3) is 2.33. The van der Waals surface area contributed by atoms with Crippen molar-refractivity contribution in [3.05, 3.63) is 41.6 Å². The zero-order valence-corrected chi connectivity index (χ0v) is 10.3. The van der Waals surface area contributed by atoms with Gasteiger partial charge in [-0.3, -0.25) is 0 Å². The van der Waals surface area contributed by atoms with Gasteiger partial charge in [0.2, 0.25) is 12.7 Å². The maximum atomic E-state index is 11.0. The van der Waals surface area contributed by atoms with Crippen molar-refractivity contribution in [1.29, 1.82) is 0 Å². The summed E-state index contributed by atoms with van der Waals surface area (Å²) in [6.45, 7) is 0.364. The Morgan fingerprint density at radius 1 is 1.30 bits per heavy atom. The molecule has 0 fully saturated rings. The molecule has 0 radical (unpaired) electrons. The van der Waals surface area contributed by atoms with Crippen molar-refractivity contribution in [3.63, 3.8) is 0 Å². The lowest BCUT2D eigenvalue weighted by molar-refractivity contribution is 0.0690. The first-order valence-corrected chi connectivity index (χ1v) is 5.80. The highest BCUT2D eigenvalue weighted by Crippen LogP contribution is 2.32. The molecule has 1 aromatic carbocycles. The van der Waals surface area contributed by atoms with Crippen LogP contribution in [0.15, 0.2) is 30.5 Å². The molecule has 0 aliphatic carbocycles. The van der Waals surface area contributed by atoms with Crippen LogP contribution >= 0.6 is 0 Å². The molecule has 7 nitrogen and oxygen atoms in total. The number of nitrogens with zero attached hydrogens (tertiary/aromatic N) is 2. The molecule has 0 unspecified atom stereocenters. The Morgan fingerprint density at radius 3 is 3.00 bits per heavy atom. The van der Waals surface area contributed by atoms with Crippen LogP contribution in [0.2, 0.25) is 0 Å². The van der Waals surface area contributed by atoms with Gasteiger partial charge in [-0.2, -0.15) is 5.10 Å². The van der Waals surface area contributed by atoms with Gasteiger partial charge in [-0.05, 0) is 23.8 Å². The van der Waals surface area contributed by atoms with E-state index < -0.39 is 5.97 Å². The molecule has 7 heteroatoms. The lowest BCUT2D eigenvalue weighted by Gasteiger charge is -2.07. The Kier molecular flexibility index (Phi) is 3.08. The van der Waals surface area contributed by atoms with Crippen molar-refractivity contribution < 1.29 is 24.1 Å². The third-order valence-corrected chi connectivity index (χ3v) is 2.73. The zero-order chi connectivity index (χ0) is 13.9. The Hall–Kier alpha value is -2.83. The van der Waals surface area contributed by atoms with Gasteiger partial charge in [0.1, 0.15) is 12.2 Å². The van der Waals surface area contributed by atoms with E-state index in [2.05, 4.69) is 10.2 Å². The highest BCUT2D eigenvalue weighted by Gasteiger charge is 2.15. The number of carboxylic acids is 1. The fourth-order valence-corrected chi connectivity index (χ4v) is 1.77. The Morgan fingerprint density at radius 2 is 2.15 bits per heavy atom. The topological polar surface area (TPSA) is 90.8 Å². The van der Waals surface area contributed by atoms with E-state index in [0.29, 0.717) is 11.5 Å². The molecule has 1 aliphatic heterocycles. The summed E-state index contributed by atoms with van der Waals surface area (Å²) in [5.41, 5.74) is 0.789. The van der Waals surface area contributed by atoms with Crippen LogP contribution in [0, 0.1) is 0 Å². The molecule has 0 atom stereocenters. The van der Waals surface area contributed by atoms with Gasteiger partial charge in [0.15, 0.2) is 11.5 Å². The predicted molar refractivity (Wildman–Crippen MR) is 65.9 cm³/mol. The molecule has 0 spiro atoms. The number of hydrogen-bond acceptors (Lipinski definition) is 6. The molecular weight excluding hydrogens is 264 g/mol. The van der Waals surface area contributed by atoms with Gasteiger partial charge in [-0.1, -0.05) is 6.07 Å². The van der Waals surface area contributed by atoms with Gasteiger partial charge >= 0.3 is 5.97 Å². The maximum absolute atomic E-state index is 11.0. The van der Waals surface area contributed by atoms with Crippen LogP contribution in [-0.2, 0) is 6.61 Å². The number of aromatic carboxylic acids is 1. The second-order valence-electron chi connectivity index (χ2n) is 4.03. The monoisotopic (exact) mass is 274 g/mol. The van der Waals surface area contributed by atoms with Gasteiger partial charge < -0.3 is 19.3 Å². The van der Waals surface area contributed by atoms with Crippen LogP contribution < -0.4 is 14.2 Å². The van der Waals surface area contributed by atoms with Crippen LogP contribution in [0.25, 0.3) is 0 Å². The van der Waals surface area contributed by atoms with E-state index in [9.17, 15) is 4.79 Å². The maximum Gasteiger partial charge on any atom is 0.341 e. The molecule has 20 heavy (non-hydrogen) atoms. The Bertz CT molecular complexity index is 659. The van der Waals surface area contributed by atoms with Crippen LogP contribution in [-0.4, -0.2) is 28.1 Å². The fourth-order valence-electron chi connectivity index (χ4n) is 1.77. The molecule has 1 aromatic heterocycles. The quantitative estimate of drug-likeness (QED) is 0.902. The second kappa shape index (κ2) is 5.04. The summed E-state index contributed by atoms with van der Waals surface area (Å²) in [7, 11) is 0. The number of hydrogen-bond donors (Lipinski definition) is 1. The van der Waals surface area contributed by atoms with Crippen molar-refractivity contribution in [1.82, 2.24) is 10.2 Å². The summed E-state index contributed by atoms with van der Waals surface area (Å²) in [5, 5.41) is 16.3. The van der Waals surface area contributed by atoms with E-state index in [-0.39, 0.29) is 24.8 Å². The van der Waals surface area contributed by atoms with Crippen molar-refractivity contribution in [2.75, 3.05) is 6.79 Å². The molecule has 1 N–H and O–H groups in total. The number of aromatic nitrogens is 2. The molecule has 0 bridgehead atoms. The summed E-state index contributed by atoms with van der Waals surface area (Å²) in [5.74, 6) is 0.196. The molecule has 2 aromatic rings. The van der Waals surface area contributed by atoms with E-state index in [1.54, 1.807) is 12.1 Å². The van der Waals surface area contributed by atoms with Crippen LogP contribution in [0.1, 0.15) is 15.9 Å². The standard InChI is InChI=1S/C13H10N2O5/c16-13(17)9-3-4-14-15-12(9)18-6-8-1-2-10-11(5-8)20-7-19-10/h1-5H,6-7H2,(H,16,17). The van der Waals surface area contributed by atoms with Gasteiger partial charge in [0, 0.05) is 0 Å². The molecule has 2 heterocycles. The van der Waals surface area contributed by atoms with E-state index in [4.69, 9.17) is 19.3 Å². The molecule has 3 rings (SSSR count). The van der Waals surface area contributed by atoms with Crippen molar-refractivity contribution >= 4 is 5.97 Å². The average Bonchev–Trinajstić information content (AvgIpc) is 2.92. The van der Waals surface area contributed by atoms with E-state index >= 15 is 0 Å². The number of benzene rings is 1. The largest absolute Gasteiger partial charge is 0.477 e. The smallest absolute Gasteiger partial charge is 0.341 e.